The molecule has 3 rings (SSSR count). The summed E-state index contributed by atoms with van der Waals surface area (Å²) in [6, 6.07) is 7.12. The summed E-state index contributed by atoms with van der Waals surface area (Å²) in [6.07, 6.45) is 3.64. The second-order valence-electron chi connectivity index (χ2n) is 5.67. The molecule has 8 heteroatoms. The molecule has 1 unspecified atom stereocenters. The quantitative estimate of drug-likeness (QED) is 0.866. The number of piperazine rings is 1. The van der Waals surface area contributed by atoms with Crippen LogP contribution in [-0.4, -0.2) is 53.7 Å². The Bertz CT molecular complexity index is 689. The summed E-state index contributed by atoms with van der Waals surface area (Å²) in [6.45, 7) is 2.11. The summed E-state index contributed by atoms with van der Waals surface area (Å²) >= 11 is 0. The lowest BCUT2D eigenvalue weighted by atomic mass is 10.1. The maximum Gasteiger partial charge on any atom is 0.261 e. The molecule has 0 saturated carbocycles. The van der Waals surface area contributed by atoms with Crippen LogP contribution in [0.2, 0.25) is 0 Å². The van der Waals surface area contributed by atoms with Crippen LogP contribution in [0, 0.1) is 0 Å². The minimum Gasteiger partial charge on any atom is -0.497 e. The number of aromatic nitrogens is 2. The molecule has 1 aromatic heterocycles. The third-order valence-corrected chi connectivity index (χ3v) is 4.14. The Morgan fingerprint density at radius 2 is 2.04 bits per heavy atom. The van der Waals surface area contributed by atoms with Crippen molar-refractivity contribution in [2.24, 2.45) is 7.05 Å². The van der Waals surface area contributed by atoms with Crippen LogP contribution in [0.25, 0.3) is 0 Å². The number of hydrogen-bond donors (Lipinski definition) is 1. The number of benzene rings is 1. The Balaban J connectivity index is 0.00000225. The Kier molecular flexibility index (Phi) is 6.66. The van der Waals surface area contributed by atoms with Gasteiger partial charge in [-0.2, -0.15) is 0 Å². The predicted molar refractivity (Wildman–Crippen MR) is 96.3 cm³/mol. The molecule has 1 atom stereocenters. The van der Waals surface area contributed by atoms with Crippen molar-refractivity contribution < 1.29 is 14.3 Å². The molecule has 1 aliphatic heterocycles. The number of amides is 1. The van der Waals surface area contributed by atoms with Crippen molar-refractivity contribution in [1.82, 2.24) is 19.8 Å². The lowest BCUT2D eigenvalue weighted by Gasteiger charge is -2.35. The number of methoxy groups -OCH3 is 1. The lowest BCUT2D eigenvalue weighted by molar-refractivity contribution is -0.137. The van der Waals surface area contributed by atoms with Gasteiger partial charge in [-0.1, -0.05) is 0 Å². The first-order chi connectivity index (χ1) is 11.7. The number of carbonyl (C=O) groups excluding carboxylic acids is 1. The zero-order chi connectivity index (χ0) is 16.9. The topological polar surface area (TPSA) is 68.6 Å². The second-order valence-corrected chi connectivity index (χ2v) is 5.67. The van der Waals surface area contributed by atoms with Crippen molar-refractivity contribution in [3.63, 3.8) is 0 Å². The van der Waals surface area contributed by atoms with Crippen LogP contribution < -0.4 is 14.8 Å². The normalized spacial score (nSPS) is 16.9. The van der Waals surface area contributed by atoms with Gasteiger partial charge in [0.25, 0.3) is 5.91 Å². The van der Waals surface area contributed by atoms with Gasteiger partial charge in [0.05, 0.1) is 7.11 Å². The molecule has 136 valence electrons. The number of nitrogens with one attached hydrogen (secondary N) is 1. The number of ether oxygens (including phenoxy) is 2. The molecule has 0 bridgehead atoms. The first-order valence-electron chi connectivity index (χ1n) is 7.93. The first-order valence-corrected chi connectivity index (χ1v) is 7.93. The first kappa shape index (κ1) is 19.1. The SMILES string of the molecule is COc1ccc(OCC(=O)N2CCNCC2c2nccn2C)cc1.Cl. The fourth-order valence-corrected chi connectivity index (χ4v) is 2.83. The van der Waals surface area contributed by atoms with E-state index in [0.29, 0.717) is 18.8 Å². The van der Waals surface area contributed by atoms with Gasteiger partial charge in [0, 0.05) is 39.1 Å². The Morgan fingerprint density at radius 1 is 1.32 bits per heavy atom. The van der Waals surface area contributed by atoms with E-state index in [4.69, 9.17) is 9.47 Å². The Hall–Kier alpha value is -2.25. The van der Waals surface area contributed by atoms with E-state index in [1.165, 1.54) is 0 Å². The summed E-state index contributed by atoms with van der Waals surface area (Å²) in [7, 11) is 3.55. The standard InChI is InChI=1S/C17H22N4O3.ClH/c1-20-9-8-19-17(20)15-11-18-7-10-21(15)16(22)12-24-14-5-3-13(23-2)4-6-14;/h3-6,8-9,15,18H,7,10-12H2,1-2H3;1H. The summed E-state index contributed by atoms with van der Waals surface area (Å²) in [5.74, 6) is 2.23. The number of halogens is 1. The van der Waals surface area contributed by atoms with Gasteiger partial charge in [0.2, 0.25) is 0 Å². The van der Waals surface area contributed by atoms with E-state index in [-0.39, 0.29) is 31.0 Å². The smallest absolute Gasteiger partial charge is 0.261 e. The predicted octanol–water partition coefficient (Wildman–Crippen LogP) is 1.40. The number of imidazole rings is 1. The molecule has 1 N–H and O–H groups in total. The Labute approximate surface area is 153 Å². The highest BCUT2D eigenvalue weighted by Crippen LogP contribution is 2.21. The van der Waals surface area contributed by atoms with Crippen molar-refractivity contribution in [3.8, 4) is 11.5 Å². The molecule has 0 spiro atoms. The van der Waals surface area contributed by atoms with Crippen molar-refractivity contribution in [1.29, 1.82) is 0 Å². The number of aryl methyl sites for hydroxylation is 1. The van der Waals surface area contributed by atoms with Crippen LogP contribution in [0.1, 0.15) is 11.9 Å². The van der Waals surface area contributed by atoms with Crippen LogP contribution in [0.4, 0.5) is 0 Å². The van der Waals surface area contributed by atoms with Gasteiger partial charge < -0.3 is 24.3 Å². The summed E-state index contributed by atoms with van der Waals surface area (Å²) in [5, 5.41) is 3.32. The highest BCUT2D eigenvalue weighted by molar-refractivity contribution is 5.85. The van der Waals surface area contributed by atoms with E-state index in [1.807, 2.05) is 22.7 Å². The van der Waals surface area contributed by atoms with Crippen LogP contribution >= 0.6 is 12.4 Å². The summed E-state index contributed by atoms with van der Waals surface area (Å²) in [4.78, 5) is 18.8. The fraction of sp³-hybridized carbons (Fsp3) is 0.412. The summed E-state index contributed by atoms with van der Waals surface area (Å²) in [5.41, 5.74) is 0. The average molecular weight is 367 g/mol. The van der Waals surface area contributed by atoms with E-state index in [2.05, 4.69) is 10.3 Å². The third kappa shape index (κ3) is 4.43. The van der Waals surface area contributed by atoms with Gasteiger partial charge in [-0.05, 0) is 24.3 Å². The maximum atomic E-state index is 12.6. The molecular formula is C17H23ClN4O3. The lowest BCUT2D eigenvalue weighted by Crippen LogP contribution is -2.50. The number of hydrogen-bond acceptors (Lipinski definition) is 5. The van der Waals surface area contributed by atoms with Crippen molar-refractivity contribution in [2.75, 3.05) is 33.4 Å². The second kappa shape index (κ2) is 8.73. The zero-order valence-corrected chi connectivity index (χ0v) is 15.2. The highest BCUT2D eigenvalue weighted by Gasteiger charge is 2.30. The van der Waals surface area contributed by atoms with Crippen molar-refractivity contribution in [3.05, 3.63) is 42.5 Å². The average Bonchev–Trinajstić information content (AvgIpc) is 3.06. The molecule has 2 heterocycles. The van der Waals surface area contributed by atoms with E-state index in [9.17, 15) is 4.79 Å². The zero-order valence-electron chi connectivity index (χ0n) is 14.3. The molecule has 0 aliphatic carbocycles. The van der Waals surface area contributed by atoms with Gasteiger partial charge in [-0.3, -0.25) is 4.79 Å². The van der Waals surface area contributed by atoms with Crippen molar-refractivity contribution in [2.45, 2.75) is 6.04 Å². The third-order valence-electron chi connectivity index (χ3n) is 4.14. The van der Waals surface area contributed by atoms with Crippen LogP contribution in [0.3, 0.4) is 0 Å². The van der Waals surface area contributed by atoms with E-state index in [1.54, 1.807) is 37.6 Å². The van der Waals surface area contributed by atoms with E-state index >= 15 is 0 Å². The van der Waals surface area contributed by atoms with Gasteiger partial charge in [-0.15, -0.1) is 12.4 Å². The van der Waals surface area contributed by atoms with E-state index < -0.39 is 0 Å². The molecule has 1 fully saturated rings. The minimum absolute atomic E-state index is 0. The van der Waals surface area contributed by atoms with Gasteiger partial charge in [0.1, 0.15) is 23.4 Å². The molecule has 2 aromatic rings. The molecule has 1 aliphatic rings. The van der Waals surface area contributed by atoms with Gasteiger partial charge in [-0.25, -0.2) is 4.98 Å². The highest BCUT2D eigenvalue weighted by atomic mass is 35.5. The molecular weight excluding hydrogens is 344 g/mol. The summed E-state index contributed by atoms with van der Waals surface area (Å²) < 4.78 is 12.7. The minimum atomic E-state index is -0.0780. The maximum absolute atomic E-state index is 12.6. The molecule has 7 nitrogen and oxygen atoms in total. The molecule has 1 amide bonds. The van der Waals surface area contributed by atoms with E-state index in [0.717, 1.165) is 18.1 Å². The van der Waals surface area contributed by atoms with Crippen LogP contribution in [0.5, 0.6) is 11.5 Å². The fourth-order valence-electron chi connectivity index (χ4n) is 2.83. The van der Waals surface area contributed by atoms with Gasteiger partial charge >= 0.3 is 0 Å². The van der Waals surface area contributed by atoms with Gasteiger partial charge in [0.15, 0.2) is 6.61 Å². The largest absolute Gasteiger partial charge is 0.497 e. The number of rotatable bonds is 5. The number of carbonyl (C=O) groups is 1. The molecule has 0 radical (unpaired) electrons. The monoisotopic (exact) mass is 366 g/mol. The molecule has 1 aromatic carbocycles. The van der Waals surface area contributed by atoms with Crippen LogP contribution in [-0.2, 0) is 11.8 Å². The molecule has 1 saturated heterocycles. The van der Waals surface area contributed by atoms with Crippen molar-refractivity contribution >= 4 is 18.3 Å². The molecule has 25 heavy (non-hydrogen) atoms. The van der Waals surface area contributed by atoms with Crippen LogP contribution in [0.15, 0.2) is 36.7 Å². The number of nitrogens with zero attached hydrogens (tertiary/aromatic N) is 3. The Morgan fingerprint density at radius 3 is 2.68 bits per heavy atom.